The molecular weight excluding hydrogens is 441 g/mol. The van der Waals surface area contributed by atoms with Crippen LogP contribution in [-0.4, -0.2) is 13.0 Å². The van der Waals surface area contributed by atoms with Gasteiger partial charge in [0, 0.05) is 0 Å². The number of pyridine rings is 2. The molecule has 152 valence electrons. The summed E-state index contributed by atoms with van der Waals surface area (Å²) in [4.78, 5) is 0. The molecule has 2 nitrogen and oxygen atoms in total. The van der Waals surface area contributed by atoms with Crippen molar-refractivity contribution >= 4 is 41.2 Å². The van der Waals surface area contributed by atoms with Gasteiger partial charge < -0.3 is 0 Å². The van der Waals surface area contributed by atoms with Gasteiger partial charge in [-0.3, -0.25) is 0 Å². The molecule has 6 rings (SSSR count). The maximum absolute atomic E-state index is 18.3. The van der Waals surface area contributed by atoms with Gasteiger partial charge in [-0.15, -0.1) is 23.2 Å². The Kier molecular flexibility index (Phi) is 3.85. The number of aromatic nitrogens is 2. The average Bonchev–Trinajstić information content (AvgIpc) is 3.12. The molecule has 4 aromatic rings. The molecule has 0 saturated heterocycles. The van der Waals surface area contributed by atoms with Gasteiger partial charge in [-0.1, -0.05) is 0 Å². The molecule has 30 heavy (non-hydrogen) atoms. The number of hydrogen-bond donors (Lipinski definition) is 0. The summed E-state index contributed by atoms with van der Waals surface area (Å²) in [5, 5.41) is 0.446. The summed E-state index contributed by atoms with van der Waals surface area (Å²) >= 11 is 9.53. The van der Waals surface area contributed by atoms with E-state index >= 15 is 8.22 Å². The van der Waals surface area contributed by atoms with Crippen LogP contribution in [0.2, 0.25) is 0 Å². The molecule has 2 aromatic carbocycles. The van der Waals surface area contributed by atoms with Crippen molar-refractivity contribution in [3.05, 3.63) is 97.3 Å². The molecule has 0 fully saturated rings. The van der Waals surface area contributed by atoms with Crippen molar-refractivity contribution in [2.45, 2.75) is 0 Å². The van der Waals surface area contributed by atoms with Crippen molar-refractivity contribution in [2.24, 2.45) is 0 Å². The number of fused-ring (bicyclic) bond motifs is 10. The van der Waals surface area contributed by atoms with Crippen molar-refractivity contribution in [3.8, 4) is 22.5 Å². The Morgan fingerprint density at radius 1 is 0.600 bits per heavy atom. The zero-order valence-electron chi connectivity index (χ0n) is 15.9. The molecule has 0 saturated carbocycles. The van der Waals surface area contributed by atoms with Crippen LogP contribution in [0.15, 0.2) is 97.3 Å². The Morgan fingerprint density at radius 2 is 0.967 bits per heavy atom. The maximum atomic E-state index is 18.3. The average molecular weight is 459 g/mol. The molecule has 2 aliphatic heterocycles. The summed E-state index contributed by atoms with van der Waals surface area (Å²) < 4.78 is 39.2. The third-order valence-electron chi connectivity index (χ3n) is 6.35. The summed E-state index contributed by atoms with van der Waals surface area (Å²) in [7, 11) is -6.91. The zero-order valence-corrected chi connectivity index (χ0v) is 18.4. The fourth-order valence-corrected chi connectivity index (χ4v) is 11.6. The van der Waals surface area contributed by atoms with Crippen LogP contribution >= 0.6 is 23.2 Å². The van der Waals surface area contributed by atoms with Crippen molar-refractivity contribution < 1.29 is 16.7 Å². The summed E-state index contributed by atoms with van der Waals surface area (Å²) in [5.41, 5.74) is 2.32. The summed E-state index contributed by atoms with van der Waals surface area (Å²) in [6.07, 6.45) is 3.09. The van der Waals surface area contributed by atoms with Crippen LogP contribution in [0.3, 0.4) is 0 Å². The standard InChI is InChI=1S/C22H16F2N2Si.CH2Cl2/c23-27(24,21-13-3-1-9-17(21)19-11-5-7-15-25(19)27)22-14-4-2-10-18(22)20-12-6-8-16-26(20)27;2-1-3/h1-16H;1H2. The third kappa shape index (κ3) is 1.89. The molecule has 0 N–H and O–H groups in total. The van der Waals surface area contributed by atoms with Crippen LogP contribution in [0.1, 0.15) is 0 Å². The topological polar surface area (TPSA) is 7.76 Å². The van der Waals surface area contributed by atoms with Gasteiger partial charge in [-0.2, -0.15) is 0 Å². The first-order valence-electron chi connectivity index (χ1n) is 9.56. The van der Waals surface area contributed by atoms with Gasteiger partial charge in [-0.05, 0) is 0 Å². The van der Waals surface area contributed by atoms with Crippen molar-refractivity contribution in [1.29, 1.82) is 0 Å². The Hall–Kier alpha value is -2.60. The van der Waals surface area contributed by atoms with E-state index in [1.165, 1.54) is 8.47 Å². The molecule has 0 radical (unpaired) electrons. The van der Waals surface area contributed by atoms with E-state index in [-0.39, 0.29) is 15.7 Å². The van der Waals surface area contributed by atoms with Crippen molar-refractivity contribution in [2.75, 3.05) is 5.34 Å². The Balaban J connectivity index is 0.000000609. The van der Waals surface area contributed by atoms with Gasteiger partial charge in [0.2, 0.25) is 0 Å². The number of nitrogens with zero attached hydrogens (tertiary/aromatic N) is 2. The number of alkyl halides is 2. The van der Waals surface area contributed by atoms with E-state index in [4.69, 9.17) is 23.2 Å². The molecule has 0 bridgehead atoms. The van der Waals surface area contributed by atoms with Gasteiger partial charge in [-0.25, -0.2) is 0 Å². The van der Waals surface area contributed by atoms with Crippen LogP contribution in [0, 0.1) is 0 Å². The molecule has 7 heteroatoms. The van der Waals surface area contributed by atoms with Gasteiger partial charge in [0.15, 0.2) is 0 Å². The first-order chi connectivity index (χ1) is 14.4. The molecule has 1 spiro atoms. The first-order valence-corrected chi connectivity index (χ1v) is 13.3. The Morgan fingerprint density at radius 3 is 1.40 bits per heavy atom. The van der Waals surface area contributed by atoms with Gasteiger partial charge >= 0.3 is 155 Å². The van der Waals surface area contributed by atoms with Crippen molar-refractivity contribution in [3.63, 3.8) is 0 Å². The number of benzene rings is 2. The molecule has 0 aliphatic carbocycles. The predicted octanol–water partition coefficient (Wildman–Crippen LogP) is 4.14. The first kappa shape index (κ1) is 19.4. The summed E-state index contributed by atoms with van der Waals surface area (Å²) in [6.45, 7) is 0. The molecule has 0 amide bonds. The van der Waals surface area contributed by atoms with Crippen molar-refractivity contribution in [1.82, 2.24) is 0 Å². The zero-order chi connectivity index (χ0) is 21.0. The minimum absolute atomic E-state index is 0.126. The number of rotatable bonds is 0. The van der Waals surface area contributed by atoms with Crippen LogP contribution in [0.4, 0.5) is 8.22 Å². The quantitative estimate of drug-likeness (QED) is 0.212. The van der Waals surface area contributed by atoms with E-state index in [2.05, 4.69) is 0 Å². The molecule has 0 atom stereocenters. The van der Waals surface area contributed by atoms with E-state index in [9.17, 15) is 0 Å². The van der Waals surface area contributed by atoms with Gasteiger partial charge in [0.25, 0.3) is 0 Å². The van der Waals surface area contributed by atoms with Gasteiger partial charge in [0.1, 0.15) is 0 Å². The van der Waals surface area contributed by atoms with E-state index in [0.29, 0.717) is 22.5 Å². The number of halogens is 4. The van der Waals surface area contributed by atoms with Crippen LogP contribution in [0.5, 0.6) is 0 Å². The third-order valence-corrected chi connectivity index (χ3v) is 12.4. The van der Waals surface area contributed by atoms with E-state index in [1.807, 2.05) is 24.3 Å². The van der Waals surface area contributed by atoms with E-state index < -0.39 is 7.62 Å². The summed E-state index contributed by atoms with van der Waals surface area (Å²) in [5.74, 6) is 0. The second-order valence-corrected chi connectivity index (χ2v) is 13.3. The number of hydrogen-bond acceptors (Lipinski definition) is 0. The molecular formula is C23H18Cl2F2N2Si. The minimum atomic E-state index is -6.91. The Labute approximate surface area is 182 Å². The normalized spacial score (nSPS) is 19.5. The van der Waals surface area contributed by atoms with E-state index in [1.54, 1.807) is 73.1 Å². The van der Waals surface area contributed by atoms with Crippen LogP contribution < -0.4 is 18.8 Å². The summed E-state index contributed by atoms with van der Waals surface area (Å²) in [6, 6.07) is 24.5. The molecule has 4 heterocycles. The SMILES string of the molecule is ClCCl.F[Si-2]12(F)(c3ccccc3-c3cccc[n+]31)c1ccccc1-c1cccc[n+]12. The Bertz CT molecular complexity index is 1140. The second-order valence-electron chi connectivity index (χ2n) is 7.56. The second kappa shape index (κ2) is 5.97. The monoisotopic (exact) mass is 458 g/mol. The molecule has 0 unspecified atom stereocenters. The molecule has 2 aromatic heterocycles. The van der Waals surface area contributed by atoms with Crippen LogP contribution in [0.25, 0.3) is 22.5 Å². The predicted molar refractivity (Wildman–Crippen MR) is 119 cm³/mol. The van der Waals surface area contributed by atoms with Gasteiger partial charge in [0.05, 0.1) is 5.34 Å². The van der Waals surface area contributed by atoms with Crippen LogP contribution in [-0.2, 0) is 0 Å². The van der Waals surface area contributed by atoms with E-state index in [0.717, 1.165) is 0 Å². The molecule has 2 aliphatic rings. The fraction of sp³-hybridized carbons (Fsp3) is 0.0435. The fourth-order valence-electron chi connectivity index (χ4n) is 5.32.